The molecule has 0 spiro atoms. The van der Waals surface area contributed by atoms with Gasteiger partial charge in [-0.15, -0.1) is 0 Å². The zero-order valence-corrected chi connectivity index (χ0v) is 37.7. The standard InChI is InChI=1S/C33H43FN10O15P2S2/c1-31(2,3)27(47)53-13-62-60(50)55-8-7-33(49)10-52-26(44-12-38-18-22(44)40-30(36)42-24(18)46)20(33)59-61(51,63-14-54-28(48)32(4,5)6)56-9-15-19(58-60)16(34)25(57-15)43-11-37-17-21(43)39-29(35)41-23(17)45/h11-12,16,20,25-26,49H,7-10,13-14H2,1-6H3,(H3,35,39,41,45)(H3,36,40,42,46)/t16?,20?,25?,26-,33?,60?,61?/m1/s1. The van der Waals surface area contributed by atoms with Crippen molar-refractivity contribution in [3.8, 4) is 0 Å². The van der Waals surface area contributed by atoms with Crippen LogP contribution < -0.4 is 22.6 Å². The van der Waals surface area contributed by atoms with E-state index in [2.05, 4.69) is 29.9 Å². The molecule has 0 aromatic carbocycles. The molecule has 25 nitrogen and oxygen atoms in total. The van der Waals surface area contributed by atoms with E-state index in [1.54, 1.807) is 41.5 Å². The summed E-state index contributed by atoms with van der Waals surface area (Å²) in [5, 5.41) is 12.2. The number of carbonyl (C=O) groups is 2. The molecule has 344 valence electrons. The largest absolute Gasteiger partial charge is 0.465 e. The number of aliphatic hydroxyl groups is 1. The van der Waals surface area contributed by atoms with Crippen LogP contribution in [0, 0.1) is 10.8 Å². The molecule has 7 rings (SSSR count). The quantitative estimate of drug-likeness (QED) is 0.0960. The van der Waals surface area contributed by atoms with E-state index in [1.807, 2.05) is 0 Å². The lowest BCUT2D eigenvalue weighted by atomic mass is 9.95. The Bertz CT molecular complexity index is 2700. The fourth-order valence-electron chi connectivity index (χ4n) is 6.11. The molecule has 7 heterocycles. The number of esters is 2. The van der Waals surface area contributed by atoms with Crippen LogP contribution in [-0.2, 0) is 55.8 Å². The van der Waals surface area contributed by atoms with Crippen molar-refractivity contribution in [1.29, 1.82) is 0 Å². The van der Waals surface area contributed by atoms with Crippen LogP contribution in [0.2, 0.25) is 0 Å². The molecule has 0 aliphatic carbocycles. The highest BCUT2D eigenvalue weighted by Crippen LogP contribution is 2.67. The van der Waals surface area contributed by atoms with Crippen molar-refractivity contribution in [3.05, 3.63) is 44.9 Å². The molecule has 3 aliphatic rings. The van der Waals surface area contributed by atoms with Crippen LogP contribution in [0.4, 0.5) is 16.3 Å². The average Bonchev–Trinajstić information content (AvgIpc) is 3.94. The minimum Gasteiger partial charge on any atom is -0.465 e. The number of nitrogens with zero attached hydrogens (tertiary/aromatic N) is 6. The molecule has 3 aliphatic heterocycles. The first-order valence-corrected chi connectivity index (χ1v) is 25.0. The number of alkyl halides is 1. The summed E-state index contributed by atoms with van der Waals surface area (Å²) in [6.45, 7) is -2.21. The van der Waals surface area contributed by atoms with Gasteiger partial charge < -0.3 is 40.0 Å². The van der Waals surface area contributed by atoms with Gasteiger partial charge in [0.1, 0.15) is 36.5 Å². The molecule has 0 radical (unpaired) electrons. The van der Waals surface area contributed by atoms with Gasteiger partial charge in [-0.25, -0.2) is 23.5 Å². The summed E-state index contributed by atoms with van der Waals surface area (Å²) >= 11 is 0.726. The Hall–Kier alpha value is -4.53. The summed E-state index contributed by atoms with van der Waals surface area (Å²) in [6, 6.07) is 0. The Morgan fingerprint density at radius 1 is 0.905 bits per heavy atom. The van der Waals surface area contributed by atoms with Gasteiger partial charge in [-0.05, 0) is 41.5 Å². The molecule has 1 fully saturated rings. The second-order valence-corrected chi connectivity index (χ2v) is 24.2. The number of nitrogen functional groups attached to an aromatic ring is 2. The van der Waals surface area contributed by atoms with Gasteiger partial charge in [0.15, 0.2) is 40.1 Å². The number of hydrogen-bond donors (Lipinski definition) is 5. The number of nitrogens with one attached hydrogen (secondary N) is 2. The Morgan fingerprint density at radius 2 is 1.43 bits per heavy atom. The minimum absolute atomic E-state index is 0.116. The number of rotatable bonds is 8. The molecule has 7 N–H and O–H groups in total. The van der Waals surface area contributed by atoms with Crippen molar-refractivity contribution < 1.29 is 65.3 Å². The van der Waals surface area contributed by atoms with E-state index in [1.165, 1.54) is 4.57 Å². The normalized spacial score (nSPS) is 28.3. The second kappa shape index (κ2) is 17.1. The number of halogens is 1. The molecular formula is C33H43FN10O15P2S2. The van der Waals surface area contributed by atoms with Gasteiger partial charge in [-0.2, -0.15) is 9.97 Å². The van der Waals surface area contributed by atoms with Crippen molar-refractivity contribution >= 4 is 82.5 Å². The van der Waals surface area contributed by atoms with Crippen molar-refractivity contribution in [2.75, 3.05) is 43.2 Å². The number of hydrogen-bond acceptors (Lipinski definition) is 23. The summed E-state index contributed by atoms with van der Waals surface area (Å²) in [4.78, 5) is 71.6. The smallest absolute Gasteiger partial charge is 0.443 e. The van der Waals surface area contributed by atoms with Gasteiger partial charge in [0, 0.05) is 29.2 Å². The Balaban J connectivity index is 1.30. The van der Waals surface area contributed by atoms with Crippen LogP contribution in [0.15, 0.2) is 33.8 Å². The number of ether oxygens (including phenoxy) is 4. The summed E-state index contributed by atoms with van der Waals surface area (Å²) in [6.07, 6.45) is -5.73. The molecule has 6 unspecified atom stereocenters. The predicted octanol–water partition coefficient (Wildman–Crippen LogP) is 3.37. The molecule has 7 atom stereocenters. The van der Waals surface area contributed by atoms with E-state index in [0.29, 0.717) is 22.8 Å². The van der Waals surface area contributed by atoms with E-state index < -0.39 is 127 Å². The molecule has 4 aromatic rings. The fraction of sp³-hybridized carbons (Fsp3) is 0.576. The maximum Gasteiger partial charge on any atom is 0.443 e. The number of carbonyl (C=O) groups excluding carboxylic acids is 2. The summed E-state index contributed by atoms with van der Waals surface area (Å²) in [5.74, 6) is -4.61. The number of anilines is 2. The first-order chi connectivity index (χ1) is 29.4. The van der Waals surface area contributed by atoms with Crippen LogP contribution >= 0.6 is 36.4 Å². The van der Waals surface area contributed by atoms with Crippen molar-refractivity contribution in [3.63, 3.8) is 0 Å². The number of aromatic amines is 2. The number of aromatic nitrogens is 8. The summed E-state index contributed by atoms with van der Waals surface area (Å²) in [5.41, 5.74) is 5.24. The average molecular weight is 965 g/mol. The second-order valence-electron chi connectivity index (χ2n) is 16.3. The van der Waals surface area contributed by atoms with E-state index in [-0.39, 0.29) is 34.2 Å². The molecule has 1 saturated heterocycles. The molecule has 0 saturated carbocycles. The van der Waals surface area contributed by atoms with Crippen LogP contribution in [-0.4, -0.2) is 106 Å². The third-order valence-electron chi connectivity index (χ3n) is 9.40. The predicted molar refractivity (Wildman–Crippen MR) is 221 cm³/mol. The number of imidazole rings is 2. The summed E-state index contributed by atoms with van der Waals surface area (Å²) < 4.78 is 95.1. The topological polar surface area (TPSA) is 342 Å². The summed E-state index contributed by atoms with van der Waals surface area (Å²) in [7, 11) is 0. The van der Waals surface area contributed by atoms with E-state index >= 15 is 8.96 Å². The van der Waals surface area contributed by atoms with Crippen LogP contribution in [0.1, 0.15) is 60.4 Å². The Morgan fingerprint density at radius 3 is 1.97 bits per heavy atom. The van der Waals surface area contributed by atoms with Crippen molar-refractivity contribution in [1.82, 2.24) is 39.0 Å². The first-order valence-electron chi connectivity index (χ1n) is 18.7. The molecule has 63 heavy (non-hydrogen) atoms. The van der Waals surface area contributed by atoms with Gasteiger partial charge in [-0.3, -0.25) is 51.9 Å². The van der Waals surface area contributed by atoms with Crippen LogP contribution in [0.5, 0.6) is 0 Å². The number of H-pyrrole nitrogens is 2. The Kier molecular flexibility index (Phi) is 12.6. The fourth-order valence-corrected chi connectivity index (χ4v) is 11.5. The van der Waals surface area contributed by atoms with Gasteiger partial charge >= 0.3 is 25.5 Å². The maximum absolute atomic E-state index is 16.9. The lowest BCUT2D eigenvalue weighted by Crippen LogP contribution is -2.45. The highest BCUT2D eigenvalue weighted by molar-refractivity contribution is 8.55. The van der Waals surface area contributed by atoms with E-state index in [4.69, 9.17) is 48.5 Å². The third-order valence-corrected chi connectivity index (χ3v) is 16.0. The number of fused-ring (bicyclic) bond motifs is 3. The molecule has 0 amide bonds. The van der Waals surface area contributed by atoms with Crippen LogP contribution in [0.3, 0.4) is 0 Å². The zero-order chi connectivity index (χ0) is 45.9. The van der Waals surface area contributed by atoms with Crippen LogP contribution in [0.25, 0.3) is 22.3 Å². The highest BCUT2D eigenvalue weighted by Gasteiger charge is 2.55. The monoisotopic (exact) mass is 964 g/mol. The Labute approximate surface area is 363 Å². The molecule has 30 heteroatoms. The van der Waals surface area contributed by atoms with E-state index in [9.17, 15) is 28.8 Å². The lowest BCUT2D eigenvalue weighted by molar-refractivity contribution is -0.151. The van der Waals surface area contributed by atoms with Crippen molar-refractivity contribution in [2.24, 2.45) is 10.8 Å². The third kappa shape index (κ3) is 9.64. The van der Waals surface area contributed by atoms with E-state index in [0.717, 1.165) is 17.2 Å². The highest BCUT2D eigenvalue weighted by atomic mass is 32.7. The lowest BCUT2D eigenvalue weighted by Gasteiger charge is -2.33. The van der Waals surface area contributed by atoms with Gasteiger partial charge in [0.25, 0.3) is 11.1 Å². The molecule has 4 aromatic heterocycles. The van der Waals surface area contributed by atoms with Gasteiger partial charge in [-0.1, -0.05) is 0 Å². The van der Waals surface area contributed by atoms with Gasteiger partial charge in [0.05, 0.1) is 30.4 Å². The first kappa shape index (κ1) is 46.5. The zero-order valence-electron chi connectivity index (χ0n) is 34.3. The van der Waals surface area contributed by atoms with Crippen molar-refractivity contribution in [2.45, 2.75) is 78.3 Å². The molecule has 0 bridgehead atoms. The SMILES string of the molecule is CC(C)(C)C(=O)OCSP1(=O)OCCC2(O)CO[C@@H](n3cnc4c(=O)[nH]c(N)nc43)C2OP(=O)(SCOC(=O)C(C)(C)C)OCC2=C(O1)C(F)C(n1cnc3c(=O)[nH]c(N)nc31)O2. The molecular weight excluding hydrogens is 921 g/mol. The minimum atomic E-state index is -4.80. The maximum atomic E-state index is 16.9. The van der Waals surface area contributed by atoms with Gasteiger partial charge in [0.2, 0.25) is 24.3 Å². The number of nitrogens with two attached hydrogens (primary N) is 2.